The van der Waals surface area contributed by atoms with Crippen molar-refractivity contribution in [3.63, 3.8) is 0 Å². The Morgan fingerprint density at radius 1 is 1.00 bits per heavy atom. The van der Waals surface area contributed by atoms with Crippen molar-refractivity contribution in [2.75, 3.05) is 18.5 Å². The van der Waals surface area contributed by atoms with E-state index in [9.17, 15) is 4.79 Å². The highest BCUT2D eigenvalue weighted by atomic mass is 79.9. The number of amides is 1. The van der Waals surface area contributed by atoms with E-state index in [-0.39, 0.29) is 11.0 Å². The number of hydrogen-bond donors (Lipinski definition) is 2. The third kappa shape index (κ3) is 9.27. The molecular weight excluding hydrogens is 476 g/mol. The van der Waals surface area contributed by atoms with Gasteiger partial charge in [-0.25, -0.2) is 0 Å². The summed E-state index contributed by atoms with van der Waals surface area (Å²) in [5.41, 5.74) is 1.17. The Morgan fingerprint density at radius 2 is 1.68 bits per heavy atom. The SMILES string of the molecule is CC(C)CCOc1cccc(NC(=S)NC(=O)c2cc(Br)ccc2OCCC(C)C)c1. The van der Waals surface area contributed by atoms with Crippen LogP contribution in [0.25, 0.3) is 0 Å². The van der Waals surface area contributed by atoms with Crippen LogP contribution in [0.2, 0.25) is 0 Å². The molecule has 0 heterocycles. The molecule has 31 heavy (non-hydrogen) atoms. The normalized spacial score (nSPS) is 10.8. The van der Waals surface area contributed by atoms with Gasteiger partial charge in [-0.15, -0.1) is 0 Å². The van der Waals surface area contributed by atoms with Gasteiger partial charge in [0.25, 0.3) is 5.91 Å². The molecule has 0 spiro atoms. The van der Waals surface area contributed by atoms with Gasteiger partial charge in [0.2, 0.25) is 0 Å². The Morgan fingerprint density at radius 3 is 2.35 bits per heavy atom. The number of anilines is 1. The van der Waals surface area contributed by atoms with Crippen LogP contribution in [-0.2, 0) is 0 Å². The molecule has 0 bridgehead atoms. The highest BCUT2D eigenvalue weighted by molar-refractivity contribution is 9.10. The number of carbonyl (C=O) groups excluding carboxylic acids is 1. The molecule has 0 saturated carbocycles. The lowest BCUT2D eigenvalue weighted by molar-refractivity contribution is 0.0973. The standard InChI is InChI=1S/C24H31BrN2O3S/c1-16(2)10-12-29-20-7-5-6-19(15-20)26-24(31)27-23(28)21-14-18(25)8-9-22(21)30-13-11-17(3)4/h5-9,14-17H,10-13H2,1-4H3,(H2,26,27,28,31). The highest BCUT2D eigenvalue weighted by Gasteiger charge is 2.15. The number of hydrogen-bond acceptors (Lipinski definition) is 4. The number of carbonyl (C=O) groups is 1. The zero-order chi connectivity index (χ0) is 22.8. The molecule has 0 radical (unpaired) electrons. The van der Waals surface area contributed by atoms with E-state index in [1.807, 2.05) is 30.3 Å². The van der Waals surface area contributed by atoms with E-state index in [1.54, 1.807) is 12.1 Å². The zero-order valence-corrected chi connectivity index (χ0v) is 20.9. The van der Waals surface area contributed by atoms with Crippen LogP contribution in [0.1, 0.15) is 50.9 Å². The predicted molar refractivity (Wildman–Crippen MR) is 134 cm³/mol. The first-order chi connectivity index (χ1) is 14.7. The number of halogens is 1. The Kier molecular flexibility index (Phi) is 10.3. The summed E-state index contributed by atoms with van der Waals surface area (Å²) < 4.78 is 12.4. The Labute approximate surface area is 199 Å². The van der Waals surface area contributed by atoms with Crippen molar-refractivity contribution in [2.24, 2.45) is 11.8 Å². The van der Waals surface area contributed by atoms with Gasteiger partial charge in [0, 0.05) is 16.2 Å². The van der Waals surface area contributed by atoms with Crippen LogP contribution in [0.3, 0.4) is 0 Å². The summed E-state index contributed by atoms with van der Waals surface area (Å²) in [5, 5.41) is 5.98. The number of ether oxygens (including phenoxy) is 2. The Balaban J connectivity index is 1.98. The van der Waals surface area contributed by atoms with Crippen LogP contribution in [0.5, 0.6) is 11.5 Å². The van der Waals surface area contributed by atoms with Crippen molar-refractivity contribution in [2.45, 2.75) is 40.5 Å². The summed E-state index contributed by atoms with van der Waals surface area (Å²) in [6.07, 6.45) is 1.90. The monoisotopic (exact) mass is 506 g/mol. The topological polar surface area (TPSA) is 59.6 Å². The van der Waals surface area contributed by atoms with Gasteiger partial charge in [-0.2, -0.15) is 0 Å². The molecule has 2 N–H and O–H groups in total. The lowest BCUT2D eigenvalue weighted by Gasteiger charge is -2.15. The van der Waals surface area contributed by atoms with Crippen molar-refractivity contribution in [3.05, 3.63) is 52.5 Å². The maximum atomic E-state index is 12.8. The molecule has 0 aliphatic carbocycles. The van der Waals surface area contributed by atoms with Crippen LogP contribution in [0, 0.1) is 11.8 Å². The summed E-state index contributed by atoms with van der Waals surface area (Å²) >= 11 is 8.75. The lowest BCUT2D eigenvalue weighted by Crippen LogP contribution is -2.34. The molecule has 2 rings (SSSR count). The van der Waals surface area contributed by atoms with Crippen molar-refractivity contribution < 1.29 is 14.3 Å². The van der Waals surface area contributed by atoms with Crippen molar-refractivity contribution in [1.29, 1.82) is 0 Å². The van der Waals surface area contributed by atoms with E-state index in [0.29, 0.717) is 36.4 Å². The summed E-state index contributed by atoms with van der Waals surface area (Å²) in [4.78, 5) is 12.8. The molecule has 168 valence electrons. The van der Waals surface area contributed by atoms with E-state index in [4.69, 9.17) is 21.7 Å². The van der Waals surface area contributed by atoms with E-state index in [0.717, 1.165) is 28.8 Å². The second kappa shape index (κ2) is 12.7. The smallest absolute Gasteiger partial charge is 0.261 e. The van der Waals surface area contributed by atoms with Crippen LogP contribution in [0.15, 0.2) is 46.9 Å². The molecule has 1 amide bonds. The first-order valence-corrected chi connectivity index (χ1v) is 11.7. The zero-order valence-electron chi connectivity index (χ0n) is 18.5. The van der Waals surface area contributed by atoms with Crippen LogP contribution < -0.4 is 20.1 Å². The number of rotatable bonds is 10. The molecule has 7 heteroatoms. The number of thiocarbonyl (C=S) groups is 1. The van der Waals surface area contributed by atoms with Crippen LogP contribution in [-0.4, -0.2) is 24.2 Å². The quantitative estimate of drug-likeness (QED) is 0.363. The molecule has 0 aliphatic rings. The van der Waals surface area contributed by atoms with Gasteiger partial charge in [0.05, 0.1) is 18.8 Å². The van der Waals surface area contributed by atoms with Crippen molar-refractivity contribution in [3.8, 4) is 11.5 Å². The Hall–Kier alpha value is -2.12. The molecule has 0 unspecified atom stereocenters. The third-order valence-electron chi connectivity index (χ3n) is 4.42. The van der Waals surface area contributed by atoms with Gasteiger partial charge in [-0.05, 0) is 67.2 Å². The highest BCUT2D eigenvalue weighted by Crippen LogP contribution is 2.24. The fourth-order valence-electron chi connectivity index (χ4n) is 2.62. The average molecular weight is 507 g/mol. The first-order valence-electron chi connectivity index (χ1n) is 10.5. The lowest BCUT2D eigenvalue weighted by atomic mass is 10.1. The molecule has 2 aromatic carbocycles. The molecule has 0 atom stereocenters. The summed E-state index contributed by atoms with van der Waals surface area (Å²) in [6, 6.07) is 12.9. The second-order valence-corrected chi connectivity index (χ2v) is 9.46. The minimum absolute atomic E-state index is 0.206. The second-order valence-electron chi connectivity index (χ2n) is 8.14. The first kappa shape index (κ1) is 25.1. The molecule has 5 nitrogen and oxygen atoms in total. The van der Waals surface area contributed by atoms with Gasteiger partial charge in [0.1, 0.15) is 11.5 Å². The average Bonchev–Trinajstić information content (AvgIpc) is 2.68. The van der Waals surface area contributed by atoms with Gasteiger partial charge in [-0.1, -0.05) is 49.7 Å². The van der Waals surface area contributed by atoms with Crippen molar-refractivity contribution in [1.82, 2.24) is 5.32 Å². The molecule has 2 aromatic rings. The van der Waals surface area contributed by atoms with Crippen LogP contribution in [0.4, 0.5) is 5.69 Å². The third-order valence-corrected chi connectivity index (χ3v) is 5.12. The number of nitrogens with one attached hydrogen (secondary N) is 2. The van der Waals surface area contributed by atoms with E-state index in [1.165, 1.54) is 0 Å². The van der Waals surface area contributed by atoms with Gasteiger partial charge < -0.3 is 14.8 Å². The maximum absolute atomic E-state index is 12.8. The minimum Gasteiger partial charge on any atom is -0.494 e. The van der Waals surface area contributed by atoms with E-state index < -0.39 is 0 Å². The summed E-state index contributed by atoms with van der Waals surface area (Å²) in [6.45, 7) is 9.79. The van der Waals surface area contributed by atoms with Crippen LogP contribution >= 0.6 is 28.1 Å². The maximum Gasteiger partial charge on any atom is 0.261 e. The minimum atomic E-state index is -0.331. The fraction of sp³-hybridized carbons (Fsp3) is 0.417. The summed E-state index contributed by atoms with van der Waals surface area (Å²) in [5.74, 6) is 2.07. The summed E-state index contributed by atoms with van der Waals surface area (Å²) in [7, 11) is 0. The fourth-order valence-corrected chi connectivity index (χ4v) is 3.19. The van der Waals surface area contributed by atoms with Gasteiger partial charge in [0.15, 0.2) is 5.11 Å². The largest absolute Gasteiger partial charge is 0.494 e. The molecule has 0 aromatic heterocycles. The van der Waals surface area contributed by atoms with Gasteiger partial charge in [-0.3, -0.25) is 10.1 Å². The number of benzene rings is 2. The predicted octanol–water partition coefficient (Wildman–Crippen LogP) is 6.43. The van der Waals surface area contributed by atoms with Crippen molar-refractivity contribution >= 4 is 44.9 Å². The molecule has 0 fully saturated rings. The Bertz CT molecular complexity index is 887. The molecular formula is C24H31BrN2O3S. The van der Waals surface area contributed by atoms with E-state index in [2.05, 4.69) is 54.3 Å². The van der Waals surface area contributed by atoms with Gasteiger partial charge >= 0.3 is 0 Å². The molecule has 0 saturated heterocycles. The molecule has 0 aliphatic heterocycles. The van der Waals surface area contributed by atoms with E-state index >= 15 is 0 Å².